The molecule has 5 nitrogen and oxygen atoms in total. The number of aryl methyl sites for hydroxylation is 1. The van der Waals surface area contributed by atoms with Crippen molar-refractivity contribution in [3.8, 4) is 11.5 Å². The average Bonchev–Trinajstić information content (AvgIpc) is 2.85. The molecule has 0 aliphatic rings. The van der Waals surface area contributed by atoms with Crippen LogP contribution in [0.2, 0.25) is 0 Å². The van der Waals surface area contributed by atoms with E-state index in [1.54, 1.807) is 24.3 Å². The fraction of sp³-hybridized carbons (Fsp3) is 0.357. The summed E-state index contributed by atoms with van der Waals surface area (Å²) in [5.74, 6) is 0.951. The Morgan fingerprint density at radius 3 is 2.27 bits per heavy atom. The van der Waals surface area contributed by atoms with E-state index in [1.165, 1.54) is 7.05 Å². The number of alkyl halides is 3. The van der Waals surface area contributed by atoms with E-state index in [4.69, 9.17) is 14.6 Å². The van der Waals surface area contributed by atoms with Gasteiger partial charge in [-0.3, -0.25) is 4.68 Å². The molecular formula is C14H15F3N2O3. The number of nitrogens with zero attached hydrogens (tertiary/aromatic N) is 2. The lowest BCUT2D eigenvalue weighted by Crippen LogP contribution is -2.15. The summed E-state index contributed by atoms with van der Waals surface area (Å²) >= 11 is 0. The molecule has 2 aromatic rings. The molecule has 22 heavy (non-hydrogen) atoms. The molecule has 0 radical (unpaired) electrons. The number of ether oxygens (including phenoxy) is 2. The van der Waals surface area contributed by atoms with Crippen LogP contribution in [-0.2, 0) is 19.8 Å². The predicted octanol–water partition coefficient (Wildman–Crippen LogP) is 2.39. The maximum absolute atomic E-state index is 12.9. The van der Waals surface area contributed by atoms with Crippen molar-refractivity contribution < 1.29 is 27.8 Å². The lowest BCUT2D eigenvalue weighted by atomic mass is 10.2. The standard InChI is InChI=1S/C14H15F3N2O3/c1-19-13(14(15,16)17)10(8-18-19)9-22-12-4-2-11(3-5-12)21-7-6-20/h2-5,8,20H,6-7,9H2,1H3. The lowest BCUT2D eigenvalue weighted by molar-refractivity contribution is -0.144. The highest BCUT2D eigenvalue weighted by Gasteiger charge is 2.37. The normalized spacial score (nSPS) is 11.5. The van der Waals surface area contributed by atoms with Crippen molar-refractivity contribution >= 4 is 0 Å². The van der Waals surface area contributed by atoms with Crippen LogP contribution in [-0.4, -0.2) is 28.1 Å². The molecule has 0 saturated heterocycles. The molecule has 0 unspecified atom stereocenters. The van der Waals surface area contributed by atoms with Crippen molar-refractivity contribution in [1.29, 1.82) is 0 Å². The van der Waals surface area contributed by atoms with Crippen molar-refractivity contribution in [2.75, 3.05) is 13.2 Å². The van der Waals surface area contributed by atoms with Gasteiger partial charge in [-0.05, 0) is 24.3 Å². The second-order valence-corrected chi connectivity index (χ2v) is 4.47. The smallest absolute Gasteiger partial charge is 0.433 e. The highest BCUT2D eigenvalue weighted by Crippen LogP contribution is 2.32. The molecule has 120 valence electrons. The summed E-state index contributed by atoms with van der Waals surface area (Å²) in [4.78, 5) is 0. The van der Waals surface area contributed by atoms with Gasteiger partial charge in [0.2, 0.25) is 0 Å². The zero-order valence-electron chi connectivity index (χ0n) is 11.8. The largest absolute Gasteiger partial charge is 0.491 e. The van der Waals surface area contributed by atoms with Gasteiger partial charge in [0.15, 0.2) is 0 Å². The number of aliphatic hydroxyl groups excluding tert-OH is 1. The second kappa shape index (κ2) is 6.69. The van der Waals surface area contributed by atoms with E-state index in [0.29, 0.717) is 11.5 Å². The van der Waals surface area contributed by atoms with Crippen LogP contribution in [0.25, 0.3) is 0 Å². The Kier molecular flexibility index (Phi) is 4.92. The van der Waals surface area contributed by atoms with Crippen LogP contribution < -0.4 is 9.47 Å². The van der Waals surface area contributed by atoms with Crippen molar-refractivity contribution in [3.63, 3.8) is 0 Å². The highest BCUT2D eigenvalue weighted by molar-refractivity contribution is 5.31. The first-order valence-corrected chi connectivity index (χ1v) is 6.46. The van der Waals surface area contributed by atoms with Gasteiger partial charge < -0.3 is 14.6 Å². The molecule has 0 spiro atoms. The minimum absolute atomic E-state index is 0.0318. The summed E-state index contributed by atoms with van der Waals surface area (Å²) in [7, 11) is 1.24. The van der Waals surface area contributed by atoms with E-state index in [2.05, 4.69) is 5.10 Å². The van der Waals surface area contributed by atoms with Gasteiger partial charge in [0.1, 0.15) is 30.4 Å². The van der Waals surface area contributed by atoms with Crippen LogP contribution in [0.1, 0.15) is 11.3 Å². The second-order valence-electron chi connectivity index (χ2n) is 4.47. The fourth-order valence-corrected chi connectivity index (χ4v) is 1.91. The maximum atomic E-state index is 12.9. The topological polar surface area (TPSA) is 56.5 Å². The van der Waals surface area contributed by atoms with Crippen LogP contribution in [0.15, 0.2) is 30.5 Å². The van der Waals surface area contributed by atoms with Crippen LogP contribution in [0.5, 0.6) is 11.5 Å². The van der Waals surface area contributed by atoms with E-state index in [0.717, 1.165) is 10.9 Å². The molecule has 0 aliphatic carbocycles. The molecular weight excluding hydrogens is 301 g/mol. The minimum atomic E-state index is -4.48. The molecule has 0 bridgehead atoms. The summed E-state index contributed by atoms with van der Waals surface area (Å²) in [5, 5.41) is 12.3. The number of hydrogen-bond acceptors (Lipinski definition) is 4. The first kappa shape index (κ1) is 16.2. The molecule has 1 aromatic carbocycles. The maximum Gasteiger partial charge on any atom is 0.433 e. The van der Waals surface area contributed by atoms with Crippen molar-refractivity contribution in [2.24, 2.45) is 7.05 Å². The highest BCUT2D eigenvalue weighted by atomic mass is 19.4. The Hall–Kier alpha value is -2.22. The van der Waals surface area contributed by atoms with Gasteiger partial charge in [-0.1, -0.05) is 0 Å². The van der Waals surface area contributed by atoms with Gasteiger partial charge in [0.05, 0.1) is 12.8 Å². The van der Waals surface area contributed by atoms with Crippen molar-refractivity contribution in [3.05, 3.63) is 41.7 Å². The molecule has 0 amide bonds. The summed E-state index contributed by atoms with van der Waals surface area (Å²) in [5.41, 5.74) is -0.856. The Balaban J connectivity index is 2.02. The van der Waals surface area contributed by atoms with Crippen molar-refractivity contribution in [1.82, 2.24) is 9.78 Å². The summed E-state index contributed by atoms with van der Waals surface area (Å²) in [6.07, 6.45) is -3.34. The number of aromatic nitrogens is 2. The molecule has 0 aliphatic heterocycles. The summed E-state index contributed by atoms with van der Waals surface area (Å²) < 4.78 is 50.0. The van der Waals surface area contributed by atoms with E-state index in [1.807, 2.05) is 0 Å². The van der Waals surface area contributed by atoms with E-state index in [9.17, 15) is 13.2 Å². The fourth-order valence-electron chi connectivity index (χ4n) is 1.91. The van der Waals surface area contributed by atoms with Crippen LogP contribution in [0.3, 0.4) is 0 Å². The van der Waals surface area contributed by atoms with Crippen molar-refractivity contribution in [2.45, 2.75) is 12.8 Å². The van der Waals surface area contributed by atoms with E-state index in [-0.39, 0.29) is 25.4 Å². The molecule has 8 heteroatoms. The van der Waals surface area contributed by atoms with Crippen LogP contribution in [0.4, 0.5) is 13.2 Å². The lowest BCUT2D eigenvalue weighted by Gasteiger charge is -2.11. The van der Waals surface area contributed by atoms with Crippen LogP contribution in [0, 0.1) is 0 Å². The number of halogens is 3. The molecule has 1 heterocycles. The molecule has 1 N–H and O–H groups in total. The third kappa shape index (κ3) is 3.91. The van der Waals surface area contributed by atoms with Gasteiger partial charge in [0.25, 0.3) is 0 Å². The first-order chi connectivity index (χ1) is 10.4. The Morgan fingerprint density at radius 1 is 1.14 bits per heavy atom. The monoisotopic (exact) mass is 316 g/mol. The summed E-state index contributed by atoms with van der Waals surface area (Å²) in [6, 6.07) is 6.38. The van der Waals surface area contributed by atoms with Gasteiger partial charge in [-0.15, -0.1) is 0 Å². The predicted molar refractivity (Wildman–Crippen MR) is 71.6 cm³/mol. The average molecular weight is 316 g/mol. The Labute approximate surface area is 124 Å². The summed E-state index contributed by atoms with van der Waals surface area (Å²) in [6.45, 7) is -0.163. The van der Waals surface area contributed by atoms with Gasteiger partial charge in [-0.2, -0.15) is 18.3 Å². The van der Waals surface area contributed by atoms with Gasteiger partial charge in [-0.25, -0.2) is 0 Å². The molecule has 0 fully saturated rings. The third-order valence-corrected chi connectivity index (χ3v) is 2.86. The molecule has 0 atom stereocenters. The third-order valence-electron chi connectivity index (χ3n) is 2.86. The van der Waals surface area contributed by atoms with E-state index < -0.39 is 11.9 Å². The Morgan fingerprint density at radius 2 is 1.73 bits per heavy atom. The van der Waals surface area contributed by atoms with E-state index >= 15 is 0 Å². The SMILES string of the molecule is Cn1ncc(COc2ccc(OCCO)cc2)c1C(F)(F)F. The van der Waals surface area contributed by atoms with Crippen LogP contribution >= 0.6 is 0 Å². The Bertz CT molecular complexity index is 609. The minimum Gasteiger partial charge on any atom is -0.491 e. The van der Waals surface area contributed by atoms with Gasteiger partial charge in [0, 0.05) is 12.6 Å². The number of aliphatic hydroxyl groups is 1. The quantitative estimate of drug-likeness (QED) is 0.889. The zero-order valence-corrected chi connectivity index (χ0v) is 11.8. The molecule has 2 rings (SSSR count). The molecule has 0 saturated carbocycles. The van der Waals surface area contributed by atoms with Gasteiger partial charge >= 0.3 is 6.18 Å². The first-order valence-electron chi connectivity index (χ1n) is 6.46. The number of rotatable bonds is 6. The molecule has 1 aromatic heterocycles. The number of benzene rings is 1. The number of hydrogen-bond donors (Lipinski definition) is 1. The zero-order chi connectivity index (χ0) is 16.2.